The van der Waals surface area contributed by atoms with Crippen molar-refractivity contribution >= 4 is 27.7 Å². The Morgan fingerprint density at radius 1 is 1.42 bits per heavy atom. The van der Waals surface area contributed by atoms with E-state index < -0.39 is 10.0 Å². The number of hydrogen-bond donors (Lipinski definition) is 2. The van der Waals surface area contributed by atoms with Crippen LogP contribution in [0.1, 0.15) is 29.6 Å². The first-order chi connectivity index (χ1) is 11.5. The van der Waals surface area contributed by atoms with Crippen molar-refractivity contribution in [1.29, 1.82) is 0 Å². The van der Waals surface area contributed by atoms with Gasteiger partial charge in [0.15, 0.2) is 0 Å². The molecule has 1 amide bonds. The standard InChI is InChI=1S/C16H24N2O4S2/c1-23-10-4-8-17-16(19)13-5-2-7-15(11-13)24(20,21)18-14-6-3-9-22-12-14/h2,5,7,11,14,18H,3-4,6,8-10,12H2,1H3,(H,17,19). The summed E-state index contributed by atoms with van der Waals surface area (Å²) >= 11 is 1.72. The fraction of sp³-hybridized carbons (Fsp3) is 0.562. The molecule has 1 fully saturated rings. The number of benzene rings is 1. The zero-order chi connectivity index (χ0) is 17.4. The van der Waals surface area contributed by atoms with Gasteiger partial charge in [0.1, 0.15) is 0 Å². The maximum atomic E-state index is 12.5. The van der Waals surface area contributed by atoms with E-state index >= 15 is 0 Å². The van der Waals surface area contributed by atoms with Crippen molar-refractivity contribution in [3.05, 3.63) is 29.8 Å². The quantitative estimate of drug-likeness (QED) is 0.678. The first-order valence-corrected chi connectivity index (χ1v) is 10.9. The van der Waals surface area contributed by atoms with E-state index in [1.165, 1.54) is 12.1 Å². The molecule has 1 saturated heterocycles. The van der Waals surface area contributed by atoms with E-state index in [-0.39, 0.29) is 16.8 Å². The Bertz CT molecular complexity index is 643. The molecule has 2 N–H and O–H groups in total. The van der Waals surface area contributed by atoms with Gasteiger partial charge < -0.3 is 10.1 Å². The third-order valence-electron chi connectivity index (χ3n) is 3.70. The van der Waals surface area contributed by atoms with Gasteiger partial charge >= 0.3 is 0 Å². The summed E-state index contributed by atoms with van der Waals surface area (Å²) in [6.45, 7) is 1.63. The van der Waals surface area contributed by atoms with Crippen molar-refractivity contribution in [3.63, 3.8) is 0 Å². The molecule has 0 spiro atoms. The van der Waals surface area contributed by atoms with E-state index in [4.69, 9.17) is 4.74 Å². The predicted octanol–water partition coefficient (Wildman–Crippen LogP) is 1.63. The van der Waals surface area contributed by atoms with Gasteiger partial charge in [-0.15, -0.1) is 0 Å². The van der Waals surface area contributed by atoms with Crippen LogP contribution in [-0.4, -0.2) is 52.1 Å². The molecule has 1 aliphatic rings. The number of sulfonamides is 1. The first-order valence-electron chi connectivity index (χ1n) is 8.00. The van der Waals surface area contributed by atoms with Gasteiger partial charge in [-0.05, 0) is 49.5 Å². The highest BCUT2D eigenvalue weighted by Gasteiger charge is 2.23. The second kappa shape index (κ2) is 9.41. The number of carbonyl (C=O) groups excluding carboxylic acids is 1. The molecule has 1 aliphatic heterocycles. The highest BCUT2D eigenvalue weighted by atomic mass is 32.2. The third-order valence-corrected chi connectivity index (χ3v) is 5.91. The molecule has 0 radical (unpaired) electrons. The Morgan fingerprint density at radius 3 is 2.96 bits per heavy atom. The molecule has 8 heteroatoms. The van der Waals surface area contributed by atoms with Gasteiger partial charge in [-0.3, -0.25) is 4.79 Å². The smallest absolute Gasteiger partial charge is 0.251 e. The Labute approximate surface area is 147 Å². The lowest BCUT2D eigenvalue weighted by atomic mass is 10.1. The van der Waals surface area contributed by atoms with E-state index in [1.807, 2.05) is 6.26 Å². The van der Waals surface area contributed by atoms with Crippen LogP contribution < -0.4 is 10.0 Å². The molecule has 1 unspecified atom stereocenters. The van der Waals surface area contributed by atoms with Gasteiger partial charge in [-0.1, -0.05) is 6.07 Å². The molecule has 0 aromatic heterocycles. The van der Waals surface area contributed by atoms with E-state index in [1.54, 1.807) is 23.9 Å². The molecule has 1 atom stereocenters. The summed E-state index contributed by atoms with van der Waals surface area (Å²) in [5, 5.41) is 2.81. The van der Waals surface area contributed by atoms with Crippen LogP contribution in [0, 0.1) is 0 Å². The zero-order valence-electron chi connectivity index (χ0n) is 13.8. The van der Waals surface area contributed by atoms with Gasteiger partial charge in [0, 0.05) is 24.8 Å². The molecular weight excluding hydrogens is 348 g/mol. The van der Waals surface area contributed by atoms with Crippen LogP contribution in [0.3, 0.4) is 0 Å². The molecular formula is C16H24N2O4S2. The number of rotatable bonds is 8. The summed E-state index contributed by atoms with van der Waals surface area (Å²) in [7, 11) is -3.66. The minimum atomic E-state index is -3.66. The van der Waals surface area contributed by atoms with Gasteiger partial charge in [0.2, 0.25) is 10.0 Å². The lowest BCUT2D eigenvalue weighted by Gasteiger charge is -2.23. The van der Waals surface area contributed by atoms with Crippen molar-refractivity contribution in [1.82, 2.24) is 10.0 Å². The van der Waals surface area contributed by atoms with Crippen molar-refractivity contribution in [3.8, 4) is 0 Å². The van der Waals surface area contributed by atoms with Gasteiger partial charge in [0.05, 0.1) is 11.5 Å². The number of hydrogen-bond acceptors (Lipinski definition) is 5. The lowest BCUT2D eigenvalue weighted by molar-refractivity contribution is 0.0774. The van der Waals surface area contributed by atoms with Crippen LogP contribution in [0.5, 0.6) is 0 Å². The fourth-order valence-corrected chi connectivity index (χ4v) is 4.18. The van der Waals surface area contributed by atoms with Crippen LogP contribution in [0.15, 0.2) is 29.2 Å². The Morgan fingerprint density at radius 2 is 2.25 bits per heavy atom. The summed E-state index contributed by atoms with van der Waals surface area (Å²) < 4.78 is 32.9. The van der Waals surface area contributed by atoms with Gasteiger partial charge in [-0.25, -0.2) is 13.1 Å². The highest BCUT2D eigenvalue weighted by Crippen LogP contribution is 2.15. The zero-order valence-corrected chi connectivity index (χ0v) is 15.4. The number of amides is 1. The maximum absolute atomic E-state index is 12.5. The Hall–Kier alpha value is -1.09. The topological polar surface area (TPSA) is 84.5 Å². The SMILES string of the molecule is CSCCCNC(=O)c1cccc(S(=O)(=O)NC2CCCOC2)c1. The summed E-state index contributed by atoms with van der Waals surface area (Å²) in [6.07, 6.45) is 4.50. The van der Waals surface area contributed by atoms with Crippen molar-refractivity contribution in [2.24, 2.45) is 0 Å². The molecule has 0 saturated carbocycles. The van der Waals surface area contributed by atoms with E-state index in [0.717, 1.165) is 25.0 Å². The van der Waals surface area contributed by atoms with Gasteiger partial charge in [-0.2, -0.15) is 11.8 Å². The van der Waals surface area contributed by atoms with E-state index in [2.05, 4.69) is 10.0 Å². The third kappa shape index (κ3) is 5.77. The van der Waals surface area contributed by atoms with Crippen LogP contribution in [0.2, 0.25) is 0 Å². The normalized spacial score (nSPS) is 18.3. The molecule has 134 valence electrons. The van der Waals surface area contributed by atoms with Crippen molar-refractivity contribution < 1.29 is 17.9 Å². The van der Waals surface area contributed by atoms with Crippen molar-refractivity contribution in [2.45, 2.75) is 30.2 Å². The first kappa shape index (κ1) is 19.2. The number of thioether (sulfide) groups is 1. The summed E-state index contributed by atoms with van der Waals surface area (Å²) in [6, 6.07) is 5.90. The lowest BCUT2D eigenvalue weighted by Crippen LogP contribution is -2.40. The summed E-state index contributed by atoms with van der Waals surface area (Å²) in [5.41, 5.74) is 0.349. The van der Waals surface area contributed by atoms with E-state index in [0.29, 0.717) is 25.3 Å². The fourth-order valence-electron chi connectivity index (χ4n) is 2.45. The molecule has 1 heterocycles. The average Bonchev–Trinajstić information content (AvgIpc) is 2.59. The second-order valence-electron chi connectivity index (χ2n) is 5.67. The van der Waals surface area contributed by atoms with Crippen LogP contribution in [0.4, 0.5) is 0 Å². The Kier molecular flexibility index (Phi) is 7.54. The van der Waals surface area contributed by atoms with Gasteiger partial charge in [0.25, 0.3) is 5.91 Å². The highest BCUT2D eigenvalue weighted by molar-refractivity contribution is 7.98. The predicted molar refractivity (Wildman–Crippen MR) is 95.9 cm³/mol. The monoisotopic (exact) mass is 372 g/mol. The molecule has 1 aromatic rings. The largest absolute Gasteiger partial charge is 0.380 e. The molecule has 6 nitrogen and oxygen atoms in total. The molecule has 2 rings (SSSR count). The number of ether oxygens (including phenoxy) is 1. The van der Waals surface area contributed by atoms with Crippen molar-refractivity contribution in [2.75, 3.05) is 31.8 Å². The summed E-state index contributed by atoms with van der Waals surface area (Å²) in [4.78, 5) is 12.2. The van der Waals surface area contributed by atoms with Crippen LogP contribution in [0.25, 0.3) is 0 Å². The molecule has 0 bridgehead atoms. The van der Waals surface area contributed by atoms with Crippen LogP contribution in [-0.2, 0) is 14.8 Å². The summed E-state index contributed by atoms with van der Waals surface area (Å²) in [5.74, 6) is 0.719. The van der Waals surface area contributed by atoms with E-state index in [9.17, 15) is 13.2 Å². The molecule has 1 aromatic carbocycles. The molecule has 24 heavy (non-hydrogen) atoms. The minimum absolute atomic E-state index is 0.102. The molecule has 0 aliphatic carbocycles. The number of carbonyl (C=O) groups is 1. The second-order valence-corrected chi connectivity index (χ2v) is 8.37. The van der Waals surface area contributed by atoms with Crippen LogP contribution >= 0.6 is 11.8 Å². The number of nitrogens with one attached hydrogen (secondary N) is 2. The maximum Gasteiger partial charge on any atom is 0.251 e. The average molecular weight is 373 g/mol. The Balaban J connectivity index is 2.01. The minimum Gasteiger partial charge on any atom is -0.380 e.